The Morgan fingerprint density at radius 3 is 2.40 bits per heavy atom. The number of carbonyl (C=O) groups excluding carboxylic acids is 1. The largest absolute Gasteiger partial charge is 0.462 e. The predicted molar refractivity (Wildman–Crippen MR) is 56.0 cm³/mol. The van der Waals surface area contributed by atoms with Crippen LogP contribution in [0.15, 0.2) is 12.7 Å². The van der Waals surface area contributed by atoms with Crippen molar-refractivity contribution in [1.82, 2.24) is 0 Å². The van der Waals surface area contributed by atoms with Crippen LogP contribution in [-0.4, -0.2) is 42.7 Å². The van der Waals surface area contributed by atoms with Gasteiger partial charge in [0.15, 0.2) is 5.60 Å². The molecule has 0 saturated carbocycles. The molecule has 20 heavy (non-hydrogen) atoms. The van der Waals surface area contributed by atoms with Crippen LogP contribution >= 0.6 is 0 Å². The molecule has 1 fully saturated rings. The van der Waals surface area contributed by atoms with Crippen molar-refractivity contribution >= 4 is 5.97 Å². The molecule has 0 amide bonds. The molecule has 0 N–H and O–H groups in total. The number of ether oxygens (including phenoxy) is 3. The summed E-state index contributed by atoms with van der Waals surface area (Å²) in [5.74, 6) is -10.5. The third-order valence-corrected chi connectivity index (χ3v) is 2.81. The number of rotatable bonds is 4. The Kier molecular flexibility index (Phi) is 4.17. The molecular weight excluding hydrogens is 291 g/mol. The van der Waals surface area contributed by atoms with Crippen LogP contribution in [0.25, 0.3) is 0 Å². The highest BCUT2D eigenvalue weighted by molar-refractivity contribution is 5.66. The van der Waals surface area contributed by atoms with Crippen molar-refractivity contribution < 1.29 is 41.0 Å². The van der Waals surface area contributed by atoms with E-state index >= 15 is 0 Å². The summed E-state index contributed by atoms with van der Waals surface area (Å²) in [7, 11) is 0. The van der Waals surface area contributed by atoms with E-state index in [1.807, 2.05) is 0 Å². The molecule has 1 heterocycles. The van der Waals surface area contributed by atoms with Gasteiger partial charge in [0, 0.05) is 6.92 Å². The molecule has 1 aliphatic rings. The minimum atomic E-state index is -5.63. The number of alkyl halides is 5. The second-order valence-electron chi connectivity index (χ2n) is 4.40. The molecule has 0 aromatic rings. The van der Waals surface area contributed by atoms with E-state index in [0.29, 0.717) is 6.92 Å². The van der Waals surface area contributed by atoms with Gasteiger partial charge in [-0.05, 0) is 6.92 Å². The van der Waals surface area contributed by atoms with Gasteiger partial charge in [-0.3, -0.25) is 4.79 Å². The van der Waals surface area contributed by atoms with Crippen LogP contribution in [0.2, 0.25) is 0 Å². The maximum atomic E-state index is 14.2. The lowest BCUT2D eigenvalue weighted by molar-refractivity contribution is -0.409. The first-order valence-electron chi connectivity index (χ1n) is 5.46. The third-order valence-electron chi connectivity index (χ3n) is 2.81. The second-order valence-corrected chi connectivity index (χ2v) is 4.40. The Balaban J connectivity index is 3.28. The number of carbonyl (C=O) groups is 1. The summed E-state index contributed by atoms with van der Waals surface area (Å²) in [6.07, 6.45) is -4.53. The Morgan fingerprint density at radius 1 is 1.45 bits per heavy atom. The Bertz CT molecular complexity index is 408. The molecule has 0 radical (unpaired) electrons. The smallest absolute Gasteiger partial charge is 0.418 e. The molecule has 1 rings (SSSR count). The molecule has 1 saturated heterocycles. The van der Waals surface area contributed by atoms with Gasteiger partial charge in [0.2, 0.25) is 0 Å². The van der Waals surface area contributed by atoms with Crippen molar-refractivity contribution in [2.24, 2.45) is 0 Å². The minimum absolute atomic E-state index is 0.413. The lowest BCUT2D eigenvalue weighted by Gasteiger charge is -2.38. The van der Waals surface area contributed by atoms with E-state index in [2.05, 4.69) is 16.1 Å². The molecular formula is C11H13F5O4. The zero-order valence-corrected chi connectivity index (χ0v) is 10.7. The summed E-state index contributed by atoms with van der Waals surface area (Å²) in [6.45, 7) is 3.03. The van der Waals surface area contributed by atoms with Gasteiger partial charge in [0.25, 0.3) is 0 Å². The van der Waals surface area contributed by atoms with Crippen molar-refractivity contribution in [2.75, 3.05) is 13.2 Å². The molecule has 0 bridgehead atoms. The van der Waals surface area contributed by atoms with Crippen LogP contribution < -0.4 is 0 Å². The highest BCUT2D eigenvalue weighted by atomic mass is 19.4. The highest BCUT2D eigenvalue weighted by Crippen LogP contribution is 2.56. The summed E-state index contributed by atoms with van der Waals surface area (Å²) in [4.78, 5) is 10.8. The lowest BCUT2D eigenvalue weighted by atomic mass is 9.94. The van der Waals surface area contributed by atoms with E-state index < -0.39 is 42.7 Å². The van der Waals surface area contributed by atoms with Gasteiger partial charge in [-0.15, -0.1) is 6.58 Å². The molecule has 0 aromatic carbocycles. The monoisotopic (exact) mass is 304 g/mol. The summed E-state index contributed by atoms with van der Waals surface area (Å²) in [5.41, 5.74) is -2.60. The van der Waals surface area contributed by atoms with E-state index in [1.54, 1.807) is 0 Å². The van der Waals surface area contributed by atoms with Crippen molar-refractivity contribution in [3.63, 3.8) is 0 Å². The van der Waals surface area contributed by atoms with Crippen molar-refractivity contribution in [3.8, 4) is 0 Å². The summed E-state index contributed by atoms with van der Waals surface area (Å²) >= 11 is 0. The van der Waals surface area contributed by atoms with E-state index in [1.165, 1.54) is 0 Å². The van der Waals surface area contributed by atoms with Crippen LogP contribution in [0, 0.1) is 0 Å². The van der Waals surface area contributed by atoms with Crippen LogP contribution in [0.3, 0.4) is 0 Å². The lowest BCUT2D eigenvalue weighted by Crippen LogP contribution is -2.65. The van der Waals surface area contributed by atoms with Gasteiger partial charge in [-0.25, -0.2) is 0 Å². The topological polar surface area (TPSA) is 44.8 Å². The zero-order valence-electron chi connectivity index (χ0n) is 10.7. The summed E-state index contributed by atoms with van der Waals surface area (Å²) in [6, 6.07) is 0. The summed E-state index contributed by atoms with van der Waals surface area (Å²) < 4.78 is 80.0. The minimum Gasteiger partial charge on any atom is -0.418 e. The molecule has 9 heteroatoms. The van der Waals surface area contributed by atoms with E-state index in [0.717, 1.165) is 13.0 Å². The normalized spacial score (nSPS) is 33.0. The predicted octanol–water partition coefficient (Wildman–Crippen LogP) is 2.43. The van der Waals surface area contributed by atoms with Crippen molar-refractivity contribution in [2.45, 2.75) is 37.3 Å². The molecule has 4 nitrogen and oxygen atoms in total. The van der Waals surface area contributed by atoms with Gasteiger partial charge < -0.3 is 14.2 Å². The number of hydrogen-bond donors (Lipinski definition) is 0. The van der Waals surface area contributed by atoms with Crippen LogP contribution in [0.5, 0.6) is 0 Å². The number of halogens is 5. The van der Waals surface area contributed by atoms with Gasteiger partial charge >= 0.3 is 23.9 Å². The maximum absolute atomic E-state index is 14.2. The Labute approximate surface area is 111 Å². The Hall–Kier alpha value is -1.22. The van der Waals surface area contributed by atoms with Gasteiger partial charge in [-0.1, -0.05) is 6.08 Å². The summed E-state index contributed by atoms with van der Waals surface area (Å²) in [5, 5.41) is 0. The average Bonchev–Trinajstić information content (AvgIpc) is 2.47. The fourth-order valence-electron chi connectivity index (χ4n) is 1.76. The fourth-order valence-corrected chi connectivity index (χ4v) is 1.76. The second kappa shape index (κ2) is 4.96. The molecule has 116 valence electrons. The van der Waals surface area contributed by atoms with Crippen LogP contribution in [-0.2, 0) is 19.0 Å². The first kappa shape index (κ1) is 16.8. The van der Waals surface area contributed by atoms with Crippen LogP contribution in [0.1, 0.15) is 13.8 Å². The van der Waals surface area contributed by atoms with E-state index in [4.69, 9.17) is 4.74 Å². The fraction of sp³-hybridized carbons (Fsp3) is 0.727. The van der Waals surface area contributed by atoms with Gasteiger partial charge in [-0.2, -0.15) is 22.0 Å². The first-order valence-corrected chi connectivity index (χ1v) is 5.46. The van der Waals surface area contributed by atoms with Crippen molar-refractivity contribution in [1.29, 1.82) is 0 Å². The molecule has 2 atom stereocenters. The number of esters is 1. The quantitative estimate of drug-likeness (QED) is 0.454. The molecule has 0 aliphatic carbocycles. The van der Waals surface area contributed by atoms with Crippen molar-refractivity contribution in [3.05, 3.63) is 12.7 Å². The molecule has 0 spiro atoms. The molecule has 2 unspecified atom stereocenters. The molecule has 1 aliphatic heterocycles. The zero-order chi connectivity index (χ0) is 15.8. The standard InChI is InChI=1S/C11H13F5O4/c1-4-5-18-8(3)6-19-10(9(8,12)13,11(14,15)16)20-7(2)17/h4H,1,5-6H2,2-3H3. The average molecular weight is 304 g/mol. The van der Waals surface area contributed by atoms with E-state index in [-0.39, 0.29) is 0 Å². The van der Waals surface area contributed by atoms with E-state index in [9.17, 15) is 26.7 Å². The van der Waals surface area contributed by atoms with Gasteiger partial charge in [0.05, 0.1) is 13.2 Å². The highest BCUT2D eigenvalue weighted by Gasteiger charge is 2.84. The van der Waals surface area contributed by atoms with Crippen LogP contribution in [0.4, 0.5) is 22.0 Å². The molecule has 0 aromatic heterocycles. The SMILES string of the molecule is C=CCOC1(C)COC(OC(C)=O)(C(F)(F)F)C1(F)F. The first-order chi connectivity index (χ1) is 8.93. The third kappa shape index (κ3) is 2.28. The number of hydrogen-bond acceptors (Lipinski definition) is 4. The maximum Gasteiger partial charge on any atom is 0.462 e. The van der Waals surface area contributed by atoms with Gasteiger partial charge in [0.1, 0.15) is 0 Å². The Morgan fingerprint density at radius 2 is 2.00 bits per heavy atom.